The van der Waals surface area contributed by atoms with Crippen molar-refractivity contribution in [2.75, 3.05) is 40.0 Å². The Morgan fingerprint density at radius 2 is 1.90 bits per heavy atom. The van der Waals surface area contributed by atoms with E-state index in [9.17, 15) is 23.1 Å². The molecule has 0 saturated carbocycles. The van der Waals surface area contributed by atoms with Gasteiger partial charge in [-0.1, -0.05) is 30.3 Å². The molecule has 3 saturated heterocycles. The van der Waals surface area contributed by atoms with E-state index < -0.39 is 52.8 Å². The molecule has 6 atom stereocenters. The SMILES string of the molecule is COc1ccc(S(=O)(=O)N(C[C@@H]2COC(=O)N2)C[C@@H](O)[C@H](Cc2ccccc2)NC(=O)O[C@H]2CO[C@H]3OCC[C@H]32)cc1. The van der Waals surface area contributed by atoms with E-state index in [0.717, 1.165) is 9.87 Å². The highest BCUT2D eigenvalue weighted by Gasteiger charge is 2.44. The Morgan fingerprint density at radius 1 is 1.14 bits per heavy atom. The summed E-state index contributed by atoms with van der Waals surface area (Å²) < 4.78 is 55.4. The number of ether oxygens (including phenoxy) is 5. The first-order valence-corrected chi connectivity index (χ1v) is 15.2. The number of aliphatic hydroxyl groups excluding tert-OH is 1. The van der Waals surface area contributed by atoms with E-state index >= 15 is 0 Å². The van der Waals surface area contributed by atoms with Gasteiger partial charge in [0.15, 0.2) is 6.29 Å². The summed E-state index contributed by atoms with van der Waals surface area (Å²) in [5.74, 6) is 0.410. The topological polar surface area (TPSA) is 162 Å². The Balaban J connectivity index is 1.34. The number of rotatable bonds is 12. The van der Waals surface area contributed by atoms with Crippen molar-refractivity contribution >= 4 is 22.2 Å². The maximum Gasteiger partial charge on any atom is 0.407 e. The van der Waals surface area contributed by atoms with Crippen molar-refractivity contribution in [2.24, 2.45) is 5.92 Å². The smallest absolute Gasteiger partial charge is 0.407 e. The van der Waals surface area contributed by atoms with Crippen LogP contribution in [0.2, 0.25) is 0 Å². The van der Waals surface area contributed by atoms with Gasteiger partial charge in [0.25, 0.3) is 0 Å². The Labute approximate surface area is 244 Å². The third-order valence-corrected chi connectivity index (χ3v) is 9.41. The van der Waals surface area contributed by atoms with E-state index in [4.69, 9.17) is 23.7 Å². The van der Waals surface area contributed by atoms with Crippen molar-refractivity contribution in [2.45, 2.75) is 48.3 Å². The number of hydrogen-bond donors (Lipinski definition) is 3. The van der Waals surface area contributed by atoms with Gasteiger partial charge in [-0.15, -0.1) is 0 Å². The average molecular weight is 606 g/mol. The number of carbonyl (C=O) groups is 2. The van der Waals surface area contributed by atoms with Crippen LogP contribution in [0.15, 0.2) is 59.5 Å². The van der Waals surface area contributed by atoms with Gasteiger partial charge < -0.3 is 39.4 Å². The normalized spacial score (nSPS) is 24.9. The fourth-order valence-electron chi connectivity index (χ4n) is 5.30. The lowest BCUT2D eigenvalue weighted by atomic mass is 10.0. The average Bonchev–Trinajstić information content (AvgIpc) is 3.72. The van der Waals surface area contributed by atoms with Crippen molar-refractivity contribution in [3.05, 3.63) is 60.2 Å². The molecule has 2 amide bonds. The van der Waals surface area contributed by atoms with Gasteiger partial charge in [-0.3, -0.25) is 0 Å². The molecule has 42 heavy (non-hydrogen) atoms. The van der Waals surface area contributed by atoms with Crippen LogP contribution in [0.25, 0.3) is 0 Å². The number of benzene rings is 2. The molecule has 13 nitrogen and oxygen atoms in total. The summed E-state index contributed by atoms with van der Waals surface area (Å²) in [7, 11) is -2.68. The van der Waals surface area contributed by atoms with Crippen molar-refractivity contribution < 1.29 is 46.8 Å². The molecule has 0 unspecified atom stereocenters. The van der Waals surface area contributed by atoms with E-state index in [1.165, 1.54) is 31.4 Å². The third kappa shape index (κ3) is 7.13. The summed E-state index contributed by atoms with van der Waals surface area (Å²) in [6, 6.07) is 13.5. The van der Waals surface area contributed by atoms with Crippen molar-refractivity contribution in [1.82, 2.24) is 14.9 Å². The summed E-state index contributed by atoms with van der Waals surface area (Å²) in [6.45, 7) is 0.150. The number of nitrogens with zero attached hydrogens (tertiary/aromatic N) is 1. The van der Waals surface area contributed by atoms with Gasteiger partial charge in [0, 0.05) is 13.1 Å². The van der Waals surface area contributed by atoms with Crippen LogP contribution >= 0.6 is 0 Å². The molecule has 2 aromatic carbocycles. The van der Waals surface area contributed by atoms with Crippen LogP contribution in [0.3, 0.4) is 0 Å². The molecule has 3 aliphatic heterocycles. The van der Waals surface area contributed by atoms with E-state index in [0.29, 0.717) is 18.8 Å². The molecule has 0 spiro atoms. The van der Waals surface area contributed by atoms with Gasteiger partial charge in [0.05, 0.1) is 49.3 Å². The summed E-state index contributed by atoms with van der Waals surface area (Å²) >= 11 is 0. The molecule has 2 aromatic rings. The maximum absolute atomic E-state index is 13.8. The summed E-state index contributed by atoms with van der Waals surface area (Å²) in [5.41, 5.74) is 0.816. The molecular weight excluding hydrogens is 570 g/mol. The number of aliphatic hydroxyl groups is 1. The molecular formula is C28H35N3O10S. The number of alkyl carbamates (subject to hydrolysis) is 2. The van der Waals surface area contributed by atoms with Gasteiger partial charge in [-0.2, -0.15) is 4.31 Å². The van der Waals surface area contributed by atoms with E-state index in [-0.39, 0.29) is 43.5 Å². The van der Waals surface area contributed by atoms with Gasteiger partial charge >= 0.3 is 12.2 Å². The largest absolute Gasteiger partial charge is 0.497 e. The lowest BCUT2D eigenvalue weighted by Crippen LogP contribution is -2.53. The molecule has 0 aromatic heterocycles. The quantitative estimate of drug-likeness (QED) is 0.321. The number of hydrogen-bond acceptors (Lipinski definition) is 10. The molecule has 0 radical (unpaired) electrons. The van der Waals surface area contributed by atoms with Gasteiger partial charge in [-0.05, 0) is 42.7 Å². The standard InChI is InChI=1S/C28H35N3O10S/c1-37-20-7-9-21(10-8-20)42(35,36)31(14-19-16-40-27(33)29-19)15-24(32)23(13-18-5-3-2-4-6-18)30-28(34)41-25-17-39-26-22(25)11-12-38-26/h2-10,19,22-26,32H,11-17H2,1H3,(H,29,33)(H,30,34)/t19-,22+,23+,24-,25+,26-/m1/s1. The van der Waals surface area contributed by atoms with Gasteiger partial charge in [-0.25, -0.2) is 18.0 Å². The predicted octanol–water partition coefficient (Wildman–Crippen LogP) is 1.25. The van der Waals surface area contributed by atoms with Gasteiger partial charge in [0.2, 0.25) is 10.0 Å². The van der Waals surface area contributed by atoms with Crippen LogP contribution in [0.5, 0.6) is 5.75 Å². The van der Waals surface area contributed by atoms with Crippen LogP contribution in [0, 0.1) is 5.92 Å². The summed E-state index contributed by atoms with van der Waals surface area (Å²) in [6.07, 6.45) is -2.75. The van der Waals surface area contributed by atoms with Gasteiger partial charge in [0.1, 0.15) is 18.5 Å². The molecule has 3 N–H and O–H groups in total. The minimum atomic E-state index is -4.15. The molecule has 0 aliphatic carbocycles. The fraction of sp³-hybridized carbons (Fsp3) is 0.500. The third-order valence-electron chi connectivity index (χ3n) is 7.56. The second-order valence-corrected chi connectivity index (χ2v) is 12.4. The van der Waals surface area contributed by atoms with Crippen LogP contribution < -0.4 is 15.4 Å². The molecule has 228 valence electrons. The molecule has 3 heterocycles. The lowest BCUT2D eigenvalue weighted by molar-refractivity contribution is -0.0907. The molecule has 0 bridgehead atoms. The predicted molar refractivity (Wildman–Crippen MR) is 147 cm³/mol. The Bertz CT molecular complexity index is 1330. The Morgan fingerprint density at radius 3 is 2.60 bits per heavy atom. The molecule has 3 fully saturated rings. The number of amides is 2. The monoisotopic (exact) mass is 605 g/mol. The van der Waals surface area contributed by atoms with E-state index in [1.807, 2.05) is 30.3 Å². The van der Waals surface area contributed by atoms with Crippen LogP contribution in [-0.4, -0.2) is 101 Å². The highest BCUT2D eigenvalue weighted by Crippen LogP contribution is 2.33. The Kier molecular flexibility index (Phi) is 9.48. The van der Waals surface area contributed by atoms with Crippen molar-refractivity contribution in [3.8, 4) is 5.75 Å². The Hall–Kier alpha value is -3.43. The van der Waals surface area contributed by atoms with E-state index in [2.05, 4.69) is 10.6 Å². The zero-order chi connectivity index (χ0) is 29.7. The first-order chi connectivity index (χ1) is 20.2. The number of cyclic esters (lactones) is 1. The van der Waals surface area contributed by atoms with Crippen LogP contribution in [0.1, 0.15) is 12.0 Å². The fourth-order valence-corrected chi connectivity index (χ4v) is 6.80. The minimum absolute atomic E-state index is 0.0257. The second-order valence-electron chi connectivity index (χ2n) is 10.4. The first kappa shape index (κ1) is 30.0. The molecule has 5 rings (SSSR count). The number of sulfonamides is 1. The maximum atomic E-state index is 13.8. The van der Waals surface area contributed by atoms with E-state index in [1.54, 1.807) is 0 Å². The summed E-state index contributed by atoms with van der Waals surface area (Å²) in [4.78, 5) is 24.6. The lowest BCUT2D eigenvalue weighted by Gasteiger charge is -2.31. The van der Waals surface area contributed by atoms with Crippen LogP contribution in [0.4, 0.5) is 9.59 Å². The second kappa shape index (κ2) is 13.3. The number of fused-ring (bicyclic) bond motifs is 1. The zero-order valence-corrected chi connectivity index (χ0v) is 23.9. The number of methoxy groups -OCH3 is 1. The number of nitrogens with one attached hydrogen (secondary N) is 2. The van der Waals surface area contributed by atoms with Crippen molar-refractivity contribution in [1.29, 1.82) is 0 Å². The minimum Gasteiger partial charge on any atom is -0.497 e. The summed E-state index contributed by atoms with van der Waals surface area (Å²) in [5, 5.41) is 16.8. The highest BCUT2D eigenvalue weighted by atomic mass is 32.2. The van der Waals surface area contributed by atoms with Crippen LogP contribution in [-0.2, 0) is 35.4 Å². The zero-order valence-electron chi connectivity index (χ0n) is 23.1. The highest BCUT2D eigenvalue weighted by molar-refractivity contribution is 7.89. The molecule has 3 aliphatic rings. The van der Waals surface area contributed by atoms with Crippen molar-refractivity contribution in [3.63, 3.8) is 0 Å². The number of carbonyl (C=O) groups excluding carboxylic acids is 2. The first-order valence-electron chi connectivity index (χ1n) is 13.7. The molecule has 14 heteroatoms.